The highest BCUT2D eigenvalue weighted by Crippen LogP contribution is 2.31. The molecule has 7 nitrogen and oxygen atoms in total. The summed E-state index contributed by atoms with van der Waals surface area (Å²) in [4.78, 5) is 26.5. The van der Waals surface area contributed by atoms with E-state index in [4.69, 9.17) is 0 Å². The van der Waals surface area contributed by atoms with Crippen LogP contribution in [0.4, 0.5) is 0 Å². The standard InChI is InChI=1S/C16H25N5O2/c1-20-10-12(9-18-20)14-6-4-8-21(14)11-15(22)19-13-5-2-3-7-17-16(13)23/h9-10,13-14H,2-8,11H2,1H3,(H,17,23)(H,19,22)/t13-,14-/m0/s1. The smallest absolute Gasteiger partial charge is 0.242 e. The lowest BCUT2D eigenvalue weighted by Crippen LogP contribution is -2.48. The molecule has 2 aliphatic rings. The molecule has 0 spiro atoms. The van der Waals surface area contributed by atoms with Crippen molar-refractivity contribution in [2.75, 3.05) is 19.6 Å². The van der Waals surface area contributed by atoms with E-state index in [0.29, 0.717) is 13.1 Å². The van der Waals surface area contributed by atoms with Crippen molar-refractivity contribution in [2.45, 2.75) is 44.2 Å². The number of likely N-dealkylation sites (tertiary alicyclic amines) is 1. The molecular weight excluding hydrogens is 294 g/mol. The predicted molar refractivity (Wildman–Crippen MR) is 85.5 cm³/mol. The van der Waals surface area contributed by atoms with E-state index in [1.165, 1.54) is 0 Å². The topological polar surface area (TPSA) is 79.3 Å². The maximum absolute atomic E-state index is 12.4. The third-order valence-corrected chi connectivity index (χ3v) is 4.69. The van der Waals surface area contributed by atoms with E-state index in [-0.39, 0.29) is 23.9 Å². The van der Waals surface area contributed by atoms with Gasteiger partial charge in [-0.3, -0.25) is 19.2 Å². The van der Waals surface area contributed by atoms with Crippen LogP contribution in [0.15, 0.2) is 12.4 Å². The Morgan fingerprint density at radius 1 is 1.39 bits per heavy atom. The molecule has 1 aromatic heterocycles. The molecule has 3 heterocycles. The number of hydrogen-bond donors (Lipinski definition) is 2. The molecule has 0 aromatic carbocycles. The van der Waals surface area contributed by atoms with Crippen LogP contribution in [0.25, 0.3) is 0 Å². The van der Waals surface area contributed by atoms with Crippen LogP contribution in [-0.4, -0.2) is 52.2 Å². The maximum atomic E-state index is 12.4. The SMILES string of the molecule is Cn1cc([C@@H]2CCCN2CC(=O)N[C@H]2CCCCNC2=O)cn1. The van der Waals surface area contributed by atoms with Crippen LogP contribution in [0.3, 0.4) is 0 Å². The van der Waals surface area contributed by atoms with Crippen LogP contribution in [0.1, 0.15) is 43.7 Å². The Balaban J connectivity index is 1.57. The van der Waals surface area contributed by atoms with E-state index >= 15 is 0 Å². The average Bonchev–Trinajstić information content (AvgIpc) is 3.09. The van der Waals surface area contributed by atoms with Crippen LogP contribution in [0.5, 0.6) is 0 Å². The highest BCUT2D eigenvalue weighted by Gasteiger charge is 2.30. The van der Waals surface area contributed by atoms with Gasteiger partial charge in [0.1, 0.15) is 6.04 Å². The summed E-state index contributed by atoms with van der Waals surface area (Å²) in [6.45, 7) is 1.95. The summed E-state index contributed by atoms with van der Waals surface area (Å²) < 4.78 is 1.79. The van der Waals surface area contributed by atoms with Gasteiger partial charge in [0, 0.05) is 31.4 Å². The van der Waals surface area contributed by atoms with E-state index in [0.717, 1.165) is 44.2 Å². The summed E-state index contributed by atoms with van der Waals surface area (Å²) in [6, 6.07) is -0.137. The molecular formula is C16H25N5O2. The van der Waals surface area contributed by atoms with Crippen LogP contribution < -0.4 is 10.6 Å². The zero-order chi connectivity index (χ0) is 16.2. The first-order valence-electron chi connectivity index (χ1n) is 8.43. The second kappa shape index (κ2) is 7.12. The molecule has 7 heteroatoms. The zero-order valence-corrected chi connectivity index (χ0v) is 13.6. The lowest BCUT2D eigenvalue weighted by Gasteiger charge is -2.24. The number of carbonyl (C=O) groups excluding carboxylic acids is 2. The quantitative estimate of drug-likeness (QED) is 0.839. The summed E-state index contributed by atoms with van der Waals surface area (Å²) in [5.74, 6) is -0.121. The second-order valence-electron chi connectivity index (χ2n) is 6.48. The molecule has 2 aliphatic heterocycles. The van der Waals surface area contributed by atoms with Crippen LogP contribution in [0.2, 0.25) is 0 Å². The molecule has 2 saturated heterocycles. The van der Waals surface area contributed by atoms with Gasteiger partial charge in [0.25, 0.3) is 0 Å². The molecule has 0 radical (unpaired) electrons. The third kappa shape index (κ3) is 3.90. The minimum absolute atomic E-state index is 0.0546. The Kier molecular flexibility index (Phi) is 4.95. The number of amides is 2. The number of aryl methyl sites for hydroxylation is 1. The van der Waals surface area contributed by atoms with E-state index in [1.54, 1.807) is 4.68 Å². The van der Waals surface area contributed by atoms with Gasteiger partial charge < -0.3 is 10.6 Å². The van der Waals surface area contributed by atoms with Gasteiger partial charge in [-0.2, -0.15) is 5.10 Å². The van der Waals surface area contributed by atoms with Gasteiger partial charge in [-0.25, -0.2) is 0 Å². The molecule has 1 aromatic rings. The van der Waals surface area contributed by atoms with Gasteiger partial charge in [-0.1, -0.05) is 0 Å². The third-order valence-electron chi connectivity index (χ3n) is 4.69. The predicted octanol–water partition coefficient (Wildman–Crippen LogP) is 0.342. The molecule has 2 N–H and O–H groups in total. The summed E-state index contributed by atoms with van der Waals surface area (Å²) in [7, 11) is 1.90. The molecule has 23 heavy (non-hydrogen) atoms. The Morgan fingerprint density at radius 3 is 3.04 bits per heavy atom. The first-order chi connectivity index (χ1) is 11.1. The maximum Gasteiger partial charge on any atom is 0.242 e. The fraction of sp³-hybridized carbons (Fsp3) is 0.688. The molecule has 2 atom stereocenters. The zero-order valence-electron chi connectivity index (χ0n) is 13.6. The Morgan fingerprint density at radius 2 is 2.26 bits per heavy atom. The highest BCUT2D eigenvalue weighted by atomic mass is 16.2. The number of aromatic nitrogens is 2. The summed E-state index contributed by atoms with van der Waals surface area (Å²) in [5, 5.41) is 9.98. The van der Waals surface area contributed by atoms with Crippen LogP contribution in [0, 0.1) is 0 Å². The van der Waals surface area contributed by atoms with Crippen LogP contribution in [-0.2, 0) is 16.6 Å². The summed E-state index contributed by atoms with van der Waals surface area (Å²) in [6.07, 6.45) is 8.68. The van der Waals surface area contributed by atoms with Gasteiger partial charge in [0.15, 0.2) is 0 Å². The molecule has 2 amide bonds. The van der Waals surface area contributed by atoms with E-state index in [2.05, 4.69) is 20.6 Å². The van der Waals surface area contributed by atoms with Crippen molar-refractivity contribution in [2.24, 2.45) is 7.05 Å². The van der Waals surface area contributed by atoms with Crippen molar-refractivity contribution in [1.82, 2.24) is 25.3 Å². The molecule has 0 unspecified atom stereocenters. The minimum atomic E-state index is -0.385. The fourth-order valence-electron chi connectivity index (χ4n) is 3.51. The second-order valence-corrected chi connectivity index (χ2v) is 6.48. The van der Waals surface area contributed by atoms with E-state index < -0.39 is 0 Å². The van der Waals surface area contributed by atoms with Gasteiger partial charge in [-0.05, 0) is 38.6 Å². The monoisotopic (exact) mass is 319 g/mol. The Bertz CT molecular complexity index is 571. The number of hydrogen-bond acceptors (Lipinski definition) is 4. The number of nitrogens with one attached hydrogen (secondary N) is 2. The largest absolute Gasteiger partial charge is 0.354 e. The van der Waals surface area contributed by atoms with Gasteiger partial charge in [0.2, 0.25) is 11.8 Å². The summed E-state index contributed by atoms with van der Waals surface area (Å²) in [5.41, 5.74) is 1.16. The van der Waals surface area contributed by atoms with Crippen molar-refractivity contribution in [3.05, 3.63) is 18.0 Å². The first-order valence-corrected chi connectivity index (χ1v) is 8.43. The lowest BCUT2D eigenvalue weighted by atomic mass is 10.1. The number of nitrogens with zero attached hydrogens (tertiary/aromatic N) is 3. The van der Waals surface area contributed by atoms with Crippen molar-refractivity contribution in [3.63, 3.8) is 0 Å². The highest BCUT2D eigenvalue weighted by molar-refractivity contribution is 5.88. The lowest BCUT2D eigenvalue weighted by molar-refractivity contribution is -0.129. The van der Waals surface area contributed by atoms with E-state index in [9.17, 15) is 9.59 Å². The minimum Gasteiger partial charge on any atom is -0.354 e. The van der Waals surface area contributed by atoms with Crippen LogP contribution >= 0.6 is 0 Å². The van der Waals surface area contributed by atoms with Crippen molar-refractivity contribution in [1.29, 1.82) is 0 Å². The van der Waals surface area contributed by atoms with Gasteiger partial charge >= 0.3 is 0 Å². The first kappa shape index (κ1) is 16.0. The molecule has 2 fully saturated rings. The average molecular weight is 319 g/mol. The Hall–Kier alpha value is -1.89. The fourth-order valence-corrected chi connectivity index (χ4v) is 3.51. The van der Waals surface area contributed by atoms with Crippen molar-refractivity contribution in [3.8, 4) is 0 Å². The van der Waals surface area contributed by atoms with Gasteiger partial charge in [0.05, 0.1) is 12.7 Å². The molecule has 0 aliphatic carbocycles. The molecule has 3 rings (SSSR count). The van der Waals surface area contributed by atoms with E-state index in [1.807, 2.05) is 19.4 Å². The van der Waals surface area contributed by atoms with Crippen molar-refractivity contribution >= 4 is 11.8 Å². The van der Waals surface area contributed by atoms with Crippen molar-refractivity contribution < 1.29 is 9.59 Å². The number of rotatable bonds is 4. The summed E-state index contributed by atoms with van der Waals surface area (Å²) >= 11 is 0. The van der Waals surface area contributed by atoms with Gasteiger partial charge in [-0.15, -0.1) is 0 Å². The Labute approximate surface area is 136 Å². The molecule has 0 saturated carbocycles. The molecule has 0 bridgehead atoms. The molecule has 126 valence electrons. The number of carbonyl (C=O) groups is 2. The normalized spacial score (nSPS) is 25.9.